The number of benzene rings is 4. The molecule has 0 atom stereocenters. The van der Waals surface area contributed by atoms with Crippen molar-refractivity contribution in [3.05, 3.63) is 120 Å². The normalized spacial score (nSPS) is 8.42. The molecule has 0 aliphatic heterocycles. The fraction of sp³-hybridized carbons (Fsp3) is 0.314. The quantitative estimate of drug-likeness (QED) is 0.205. The molecule has 1 aromatic heterocycles. The zero-order valence-corrected chi connectivity index (χ0v) is 24.8. The van der Waals surface area contributed by atoms with Gasteiger partial charge in [0.25, 0.3) is 0 Å². The Morgan fingerprint density at radius 2 is 0.611 bits per heavy atom. The smallest absolute Gasteiger partial charge is 0.0488 e. The van der Waals surface area contributed by atoms with Gasteiger partial charge in [-0.3, -0.25) is 0 Å². The number of rotatable bonds is 0. The Hall–Kier alpha value is -3.32. The number of hydrogen-bond donors (Lipinski definition) is 0. The lowest BCUT2D eigenvalue weighted by atomic mass is 10.2. The Balaban J connectivity index is 0. The van der Waals surface area contributed by atoms with E-state index < -0.39 is 0 Å². The zero-order chi connectivity index (χ0) is 27.8. The maximum atomic E-state index is 2.24. The van der Waals surface area contributed by atoms with Gasteiger partial charge < -0.3 is 4.57 Å². The average Bonchev–Trinajstić information content (AvgIpc) is 3.27. The van der Waals surface area contributed by atoms with E-state index in [0.717, 1.165) is 0 Å². The Morgan fingerprint density at radius 3 is 0.861 bits per heavy atom. The van der Waals surface area contributed by atoms with Gasteiger partial charge in [0.15, 0.2) is 0 Å². The van der Waals surface area contributed by atoms with E-state index in [9.17, 15) is 0 Å². The second kappa shape index (κ2) is 23.4. The molecular formula is C35H51N. The van der Waals surface area contributed by atoms with Crippen LogP contribution in [0.25, 0.3) is 21.8 Å². The Kier molecular flexibility index (Phi) is 22.7. The van der Waals surface area contributed by atoms with Gasteiger partial charge in [0.1, 0.15) is 0 Å². The Labute approximate surface area is 222 Å². The molecular weight excluding hydrogens is 434 g/mol. The minimum Gasteiger partial charge on any atom is -0.344 e. The maximum Gasteiger partial charge on any atom is 0.0488 e. The molecule has 196 valence electrons. The lowest BCUT2D eigenvalue weighted by Gasteiger charge is -1.95. The summed E-state index contributed by atoms with van der Waals surface area (Å²) in [6, 6.07) is 37.6. The van der Waals surface area contributed by atoms with E-state index in [2.05, 4.69) is 98.3 Å². The van der Waals surface area contributed by atoms with Crippen LogP contribution < -0.4 is 0 Å². The molecule has 0 fully saturated rings. The van der Waals surface area contributed by atoms with E-state index in [-0.39, 0.29) is 0 Å². The van der Waals surface area contributed by atoms with Crippen molar-refractivity contribution in [1.82, 2.24) is 4.57 Å². The Bertz CT molecular complexity index is 1030. The first-order valence-electron chi connectivity index (χ1n) is 13.6. The third kappa shape index (κ3) is 12.4. The minimum absolute atomic E-state index is 1.30. The average molecular weight is 486 g/mol. The van der Waals surface area contributed by atoms with Crippen LogP contribution in [0.2, 0.25) is 0 Å². The number of hydrogen-bond acceptors (Lipinski definition) is 0. The van der Waals surface area contributed by atoms with Gasteiger partial charge >= 0.3 is 0 Å². The highest BCUT2D eigenvalue weighted by Gasteiger charge is 2.04. The van der Waals surface area contributed by atoms with Gasteiger partial charge in [-0.05, 0) is 26.0 Å². The summed E-state index contributed by atoms with van der Waals surface area (Å²) in [5.41, 5.74) is 5.24. The molecule has 0 saturated heterocycles. The molecule has 0 bridgehead atoms. The van der Waals surface area contributed by atoms with Crippen LogP contribution in [0.5, 0.6) is 0 Å². The van der Waals surface area contributed by atoms with Crippen LogP contribution in [0, 0.1) is 13.8 Å². The predicted molar refractivity (Wildman–Crippen MR) is 168 cm³/mol. The van der Waals surface area contributed by atoms with Crippen molar-refractivity contribution < 1.29 is 0 Å². The number of nitrogens with zero attached hydrogens (tertiary/aromatic N) is 1. The van der Waals surface area contributed by atoms with Crippen molar-refractivity contribution in [2.45, 2.75) is 69.2 Å². The summed E-state index contributed by atoms with van der Waals surface area (Å²) in [4.78, 5) is 0. The summed E-state index contributed by atoms with van der Waals surface area (Å²) in [5, 5.41) is 2.68. The van der Waals surface area contributed by atoms with Crippen LogP contribution in [-0.4, -0.2) is 4.57 Å². The maximum absolute atomic E-state index is 2.24. The van der Waals surface area contributed by atoms with Crippen molar-refractivity contribution in [2.75, 3.05) is 0 Å². The highest BCUT2D eigenvalue weighted by molar-refractivity contribution is 6.07. The van der Waals surface area contributed by atoms with Gasteiger partial charge in [-0.15, -0.1) is 0 Å². The molecule has 1 heterocycles. The van der Waals surface area contributed by atoms with Crippen molar-refractivity contribution in [3.63, 3.8) is 0 Å². The monoisotopic (exact) mass is 485 g/mol. The minimum atomic E-state index is 1.30. The number of aryl methyl sites for hydroxylation is 3. The summed E-state index contributed by atoms with van der Waals surface area (Å²) in [6.45, 7) is 20.2. The van der Waals surface area contributed by atoms with Crippen LogP contribution in [0.3, 0.4) is 0 Å². The van der Waals surface area contributed by atoms with Crippen molar-refractivity contribution in [2.24, 2.45) is 7.05 Å². The molecule has 0 aliphatic rings. The van der Waals surface area contributed by atoms with Crippen LogP contribution in [-0.2, 0) is 7.05 Å². The van der Waals surface area contributed by atoms with Crippen LogP contribution in [0.4, 0.5) is 0 Å². The van der Waals surface area contributed by atoms with Crippen molar-refractivity contribution in [1.29, 1.82) is 0 Å². The van der Waals surface area contributed by atoms with Gasteiger partial charge in [0.2, 0.25) is 0 Å². The number of fused-ring (bicyclic) bond motifs is 3. The first kappa shape index (κ1) is 34.8. The summed E-state index contributed by atoms with van der Waals surface area (Å²) >= 11 is 0. The fourth-order valence-electron chi connectivity index (χ4n) is 3.19. The van der Waals surface area contributed by atoms with Crippen LogP contribution in [0.1, 0.15) is 66.5 Å². The van der Waals surface area contributed by atoms with E-state index in [1.807, 2.05) is 91.8 Å². The van der Waals surface area contributed by atoms with E-state index in [1.165, 1.54) is 32.9 Å². The van der Waals surface area contributed by atoms with Gasteiger partial charge in [-0.2, -0.15) is 0 Å². The summed E-state index contributed by atoms with van der Waals surface area (Å²) in [5.74, 6) is 0. The predicted octanol–water partition coefficient (Wildman–Crippen LogP) is 11.4. The SMILES string of the molecule is CC.CC.CC.CC.Cc1ccccc1.Cc1ccccc1.Cn1c2ccccc2c2ccccc21. The number of aromatic nitrogens is 1. The topological polar surface area (TPSA) is 4.93 Å². The van der Waals surface area contributed by atoms with E-state index in [4.69, 9.17) is 0 Å². The van der Waals surface area contributed by atoms with Gasteiger partial charge in [0, 0.05) is 28.9 Å². The van der Waals surface area contributed by atoms with Gasteiger partial charge in [0.05, 0.1) is 0 Å². The molecule has 0 unspecified atom stereocenters. The molecule has 4 aromatic carbocycles. The van der Waals surface area contributed by atoms with Crippen molar-refractivity contribution >= 4 is 21.8 Å². The molecule has 0 saturated carbocycles. The second-order valence-electron chi connectivity index (χ2n) is 6.90. The zero-order valence-electron chi connectivity index (χ0n) is 24.8. The highest BCUT2D eigenvalue weighted by atomic mass is 14.9. The summed E-state index contributed by atoms with van der Waals surface area (Å²) in [7, 11) is 2.12. The molecule has 1 heteroatoms. The molecule has 5 rings (SSSR count). The first-order valence-corrected chi connectivity index (χ1v) is 13.6. The third-order valence-corrected chi connectivity index (χ3v) is 4.70. The van der Waals surface area contributed by atoms with E-state index >= 15 is 0 Å². The molecule has 0 spiro atoms. The van der Waals surface area contributed by atoms with E-state index in [0.29, 0.717) is 0 Å². The fourth-order valence-corrected chi connectivity index (χ4v) is 3.19. The standard InChI is InChI=1S/C13H11N.2C7H8.4C2H6/c1-14-12-8-4-2-6-10(12)11-7-3-5-9-13(11)14;2*1-7-5-3-2-4-6-7;4*1-2/h2-9H,1H3;2*2-6H,1H3;4*1-2H3. The van der Waals surface area contributed by atoms with E-state index in [1.54, 1.807) is 0 Å². The summed E-state index contributed by atoms with van der Waals surface area (Å²) < 4.78 is 2.24. The molecule has 0 radical (unpaired) electrons. The third-order valence-electron chi connectivity index (χ3n) is 4.70. The lowest BCUT2D eigenvalue weighted by molar-refractivity contribution is 1.01. The van der Waals surface area contributed by atoms with Gasteiger partial charge in [-0.1, -0.05) is 164 Å². The molecule has 0 amide bonds. The number of para-hydroxylation sites is 2. The van der Waals surface area contributed by atoms with Crippen LogP contribution in [0.15, 0.2) is 109 Å². The second-order valence-corrected chi connectivity index (χ2v) is 6.90. The first-order chi connectivity index (χ1) is 17.7. The highest BCUT2D eigenvalue weighted by Crippen LogP contribution is 2.27. The Morgan fingerprint density at radius 1 is 0.361 bits per heavy atom. The van der Waals surface area contributed by atoms with Gasteiger partial charge in [-0.25, -0.2) is 0 Å². The summed E-state index contributed by atoms with van der Waals surface area (Å²) in [6.07, 6.45) is 0. The molecule has 0 aliphatic carbocycles. The molecule has 0 N–H and O–H groups in total. The van der Waals surface area contributed by atoms with Crippen molar-refractivity contribution in [3.8, 4) is 0 Å². The van der Waals surface area contributed by atoms with Crippen LogP contribution >= 0.6 is 0 Å². The molecule has 1 nitrogen and oxygen atoms in total. The molecule has 36 heavy (non-hydrogen) atoms. The molecule has 5 aromatic rings. The lowest BCUT2D eigenvalue weighted by Crippen LogP contribution is -1.84. The largest absolute Gasteiger partial charge is 0.344 e.